The van der Waals surface area contributed by atoms with Gasteiger partial charge in [-0.2, -0.15) is 11.8 Å². The molecule has 15 heavy (non-hydrogen) atoms. The fourth-order valence-electron chi connectivity index (χ4n) is 0.879. The summed E-state index contributed by atoms with van der Waals surface area (Å²) in [6, 6.07) is 0. The molecule has 0 fully saturated rings. The first-order valence-corrected chi connectivity index (χ1v) is 6.54. The van der Waals surface area contributed by atoms with Gasteiger partial charge in [0.05, 0.1) is 0 Å². The van der Waals surface area contributed by atoms with Crippen molar-refractivity contribution in [3.05, 3.63) is 0 Å². The van der Waals surface area contributed by atoms with Gasteiger partial charge in [-0.25, -0.2) is 4.79 Å². The number of carbonyl (C=O) groups excluding carboxylic acids is 1. The fraction of sp³-hybridized carbons (Fsp3) is 0.909. The van der Waals surface area contributed by atoms with E-state index in [2.05, 4.69) is 6.92 Å². The zero-order valence-corrected chi connectivity index (χ0v) is 11.3. The highest BCUT2D eigenvalue weighted by molar-refractivity contribution is 7.99. The number of amides is 1. The minimum absolute atomic E-state index is 0.236. The predicted molar refractivity (Wildman–Crippen MR) is 66.5 cm³/mol. The Kier molecular flexibility index (Phi) is 6.81. The van der Waals surface area contributed by atoms with E-state index in [0.717, 1.165) is 18.1 Å². The molecule has 0 saturated carbocycles. The maximum atomic E-state index is 11.5. The van der Waals surface area contributed by atoms with Crippen molar-refractivity contribution in [1.29, 1.82) is 0 Å². The van der Waals surface area contributed by atoms with Gasteiger partial charge in [-0.3, -0.25) is 0 Å². The molecule has 0 saturated heterocycles. The molecule has 0 aromatic heterocycles. The molecular formula is C11H23NO2S. The van der Waals surface area contributed by atoms with Crippen molar-refractivity contribution in [2.75, 3.05) is 25.1 Å². The van der Waals surface area contributed by atoms with Crippen LogP contribution in [-0.2, 0) is 4.74 Å². The molecule has 3 nitrogen and oxygen atoms in total. The van der Waals surface area contributed by atoms with Gasteiger partial charge in [-0.05, 0) is 32.9 Å². The van der Waals surface area contributed by atoms with E-state index in [1.165, 1.54) is 6.42 Å². The average Bonchev–Trinajstić information content (AvgIpc) is 2.09. The van der Waals surface area contributed by atoms with Crippen molar-refractivity contribution in [2.24, 2.45) is 0 Å². The van der Waals surface area contributed by atoms with E-state index in [1.807, 2.05) is 32.5 Å². The Morgan fingerprint density at radius 1 is 1.33 bits per heavy atom. The van der Waals surface area contributed by atoms with E-state index in [9.17, 15) is 4.79 Å². The number of nitrogens with zero attached hydrogens (tertiary/aromatic N) is 1. The highest BCUT2D eigenvalue weighted by Gasteiger charge is 2.18. The Labute approximate surface area is 97.5 Å². The second-order valence-corrected chi connectivity index (χ2v) is 5.74. The van der Waals surface area contributed by atoms with Crippen LogP contribution in [0.1, 0.15) is 34.1 Å². The van der Waals surface area contributed by atoms with Crippen LogP contribution in [0.4, 0.5) is 4.79 Å². The molecule has 0 heterocycles. The molecule has 0 unspecified atom stereocenters. The van der Waals surface area contributed by atoms with E-state index in [4.69, 9.17) is 4.74 Å². The van der Waals surface area contributed by atoms with Crippen molar-refractivity contribution in [2.45, 2.75) is 39.7 Å². The predicted octanol–water partition coefficient (Wildman–Crippen LogP) is 3.00. The van der Waals surface area contributed by atoms with Gasteiger partial charge in [-0.1, -0.05) is 6.92 Å². The van der Waals surface area contributed by atoms with E-state index >= 15 is 0 Å². The first kappa shape index (κ1) is 14.6. The van der Waals surface area contributed by atoms with Crippen LogP contribution in [0.2, 0.25) is 0 Å². The van der Waals surface area contributed by atoms with Gasteiger partial charge in [-0.15, -0.1) is 0 Å². The van der Waals surface area contributed by atoms with E-state index < -0.39 is 5.60 Å². The fourth-order valence-corrected chi connectivity index (χ4v) is 1.77. The van der Waals surface area contributed by atoms with Gasteiger partial charge < -0.3 is 9.64 Å². The number of carbonyl (C=O) groups is 1. The molecule has 1 amide bonds. The molecule has 0 rings (SSSR count). The lowest BCUT2D eigenvalue weighted by Gasteiger charge is -2.24. The highest BCUT2D eigenvalue weighted by atomic mass is 32.2. The zero-order valence-electron chi connectivity index (χ0n) is 10.5. The summed E-state index contributed by atoms with van der Waals surface area (Å²) in [6.07, 6.45) is 0.945. The minimum Gasteiger partial charge on any atom is -0.444 e. The second-order valence-electron chi connectivity index (χ2n) is 4.51. The van der Waals surface area contributed by atoms with Crippen LogP contribution in [0, 0.1) is 0 Å². The SMILES string of the molecule is CCCSCCN(C)C(=O)OC(C)(C)C. The molecule has 0 atom stereocenters. The zero-order chi connectivity index (χ0) is 11.9. The summed E-state index contributed by atoms with van der Waals surface area (Å²) in [6.45, 7) is 8.55. The summed E-state index contributed by atoms with van der Waals surface area (Å²) in [4.78, 5) is 13.1. The molecule has 4 heteroatoms. The molecule has 90 valence electrons. The lowest BCUT2D eigenvalue weighted by molar-refractivity contribution is 0.0309. The van der Waals surface area contributed by atoms with Crippen molar-refractivity contribution < 1.29 is 9.53 Å². The van der Waals surface area contributed by atoms with Crippen LogP contribution in [0.3, 0.4) is 0 Å². The van der Waals surface area contributed by atoms with Gasteiger partial charge in [0.15, 0.2) is 0 Å². The molecule has 0 N–H and O–H groups in total. The van der Waals surface area contributed by atoms with Gasteiger partial charge in [0.1, 0.15) is 5.60 Å². The monoisotopic (exact) mass is 233 g/mol. The molecule has 0 aliphatic heterocycles. The lowest BCUT2D eigenvalue weighted by atomic mass is 10.2. The average molecular weight is 233 g/mol. The van der Waals surface area contributed by atoms with Crippen LogP contribution in [-0.4, -0.2) is 41.7 Å². The van der Waals surface area contributed by atoms with Crippen LogP contribution in [0.5, 0.6) is 0 Å². The standard InChI is InChI=1S/C11H23NO2S/c1-6-8-15-9-7-12(5)10(13)14-11(2,3)4/h6-9H2,1-5H3. The van der Waals surface area contributed by atoms with Crippen LogP contribution < -0.4 is 0 Å². The third kappa shape index (κ3) is 8.60. The first-order valence-electron chi connectivity index (χ1n) is 5.38. The minimum atomic E-state index is -0.401. The van der Waals surface area contributed by atoms with Crippen LogP contribution >= 0.6 is 11.8 Å². The first-order chi connectivity index (χ1) is 6.87. The normalized spacial score (nSPS) is 11.3. The van der Waals surface area contributed by atoms with E-state index in [1.54, 1.807) is 11.9 Å². The number of hydrogen-bond acceptors (Lipinski definition) is 3. The number of hydrogen-bond donors (Lipinski definition) is 0. The molecule has 0 aromatic rings. The summed E-state index contributed by atoms with van der Waals surface area (Å²) >= 11 is 1.87. The van der Waals surface area contributed by atoms with Gasteiger partial charge in [0.25, 0.3) is 0 Å². The van der Waals surface area contributed by atoms with Crippen LogP contribution in [0.15, 0.2) is 0 Å². The summed E-state index contributed by atoms with van der Waals surface area (Å²) < 4.78 is 5.23. The maximum absolute atomic E-state index is 11.5. The summed E-state index contributed by atoms with van der Waals surface area (Å²) in [7, 11) is 1.78. The Balaban J connectivity index is 3.70. The Hall–Kier alpha value is -0.380. The number of ether oxygens (including phenoxy) is 1. The number of rotatable bonds is 5. The van der Waals surface area contributed by atoms with Crippen molar-refractivity contribution in [3.63, 3.8) is 0 Å². The Bertz CT molecular complexity index is 190. The summed E-state index contributed by atoms with van der Waals surface area (Å²) in [5, 5.41) is 0. The van der Waals surface area contributed by atoms with Gasteiger partial charge >= 0.3 is 6.09 Å². The topological polar surface area (TPSA) is 29.5 Å². The van der Waals surface area contributed by atoms with E-state index in [-0.39, 0.29) is 6.09 Å². The lowest BCUT2D eigenvalue weighted by Crippen LogP contribution is -2.35. The second kappa shape index (κ2) is 6.99. The quantitative estimate of drug-likeness (QED) is 0.684. The molecule has 0 aliphatic carbocycles. The van der Waals surface area contributed by atoms with Crippen LogP contribution in [0.25, 0.3) is 0 Å². The van der Waals surface area contributed by atoms with Gasteiger partial charge in [0, 0.05) is 19.3 Å². The largest absolute Gasteiger partial charge is 0.444 e. The highest BCUT2D eigenvalue weighted by Crippen LogP contribution is 2.09. The Morgan fingerprint density at radius 2 is 1.93 bits per heavy atom. The Morgan fingerprint density at radius 3 is 2.40 bits per heavy atom. The maximum Gasteiger partial charge on any atom is 0.410 e. The van der Waals surface area contributed by atoms with Crippen molar-refractivity contribution in [3.8, 4) is 0 Å². The molecular weight excluding hydrogens is 210 g/mol. The number of thioether (sulfide) groups is 1. The smallest absolute Gasteiger partial charge is 0.410 e. The third-order valence-electron chi connectivity index (χ3n) is 1.62. The summed E-state index contributed by atoms with van der Waals surface area (Å²) in [5.41, 5.74) is -0.401. The molecule has 0 bridgehead atoms. The molecule has 0 radical (unpaired) electrons. The van der Waals surface area contributed by atoms with Gasteiger partial charge in [0.2, 0.25) is 0 Å². The van der Waals surface area contributed by atoms with E-state index in [0.29, 0.717) is 0 Å². The third-order valence-corrected chi connectivity index (χ3v) is 2.79. The molecule has 0 spiro atoms. The molecule has 0 aromatic carbocycles. The van der Waals surface area contributed by atoms with Crippen molar-refractivity contribution in [1.82, 2.24) is 4.90 Å². The molecule has 0 aliphatic rings. The summed E-state index contributed by atoms with van der Waals surface area (Å²) in [5.74, 6) is 2.13. The van der Waals surface area contributed by atoms with Crippen molar-refractivity contribution >= 4 is 17.9 Å².